The molecule has 0 aliphatic rings. The van der Waals surface area contributed by atoms with Gasteiger partial charge in [0.25, 0.3) is 0 Å². The Morgan fingerprint density at radius 2 is 1.80 bits per heavy atom. The van der Waals surface area contributed by atoms with E-state index in [2.05, 4.69) is 44.3 Å². The van der Waals surface area contributed by atoms with E-state index in [4.69, 9.17) is 5.11 Å². The largest absolute Gasteiger partial charge is 0.396 e. The minimum absolute atomic E-state index is 0.251. The fraction of sp³-hybridized carbons (Fsp3) is 0.538. The summed E-state index contributed by atoms with van der Waals surface area (Å²) < 4.78 is 0. The van der Waals surface area contributed by atoms with Crippen molar-refractivity contribution in [1.82, 2.24) is 5.32 Å². The van der Waals surface area contributed by atoms with Gasteiger partial charge in [-0.25, -0.2) is 0 Å². The van der Waals surface area contributed by atoms with E-state index in [-0.39, 0.29) is 6.61 Å². The smallest absolute Gasteiger partial charge is 0.0445 e. The van der Waals surface area contributed by atoms with Gasteiger partial charge in [0.15, 0.2) is 0 Å². The Kier molecular flexibility index (Phi) is 4.79. The van der Waals surface area contributed by atoms with Gasteiger partial charge in [0, 0.05) is 19.2 Å². The van der Waals surface area contributed by atoms with Gasteiger partial charge in [-0.15, -0.1) is 0 Å². The third kappa shape index (κ3) is 4.45. The molecule has 1 atom stereocenters. The lowest BCUT2D eigenvalue weighted by Gasteiger charge is -2.13. The Morgan fingerprint density at radius 3 is 2.33 bits per heavy atom. The second-order valence-electron chi connectivity index (χ2n) is 4.29. The highest BCUT2D eigenvalue weighted by Crippen LogP contribution is 2.08. The van der Waals surface area contributed by atoms with Gasteiger partial charge in [0.1, 0.15) is 0 Å². The summed E-state index contributed by atoms with van der Waals surface area (Å²) in [7, 11) is 0. The monoisotopic (exact) mass is 207 g/mol. The van der Waals surface area contributed by atoms with Crippen molar-refractivity contribution < 1.29 is 5.11 Å². The zero-order valence-electron chi connectivity index (χ0n) is 9.88. The normalized spacial score (nSPS) is 12.8. The highest BCUT2D eigenvalue weighted by atomic mass is 16.3. The van der Waals surface area contributed by atoms with Crippen LogP contribution in [0.1, 0.15) is 30.0 Å². The van der Waals surface area contributed by atoms with E-state index in [0.717, 1.165) is 13.0 Å². The third-order valence-corrected chi connectivity index (χ3v) is 2.50. The zero-order valence-corrected chi connectivity index (χ0v) is 9.88. The first-order valence-electron chi connectivity index (χ1n) is 5.53. The molecule has 2 N–H and O–H groups in total. The second-order valence-corrected chi connectivity index (χ2v) is 4.29. The molecule has 0 spiro atoms. The lowest BCUT2D eigenvalue weighted by molar-refractivity contribution is 0.268. The van der Waals surface area contributed by atoms with Gasteiger partial charge in [-0.2, -0.15) is 0 Å². The first kappa shape index (κ1) is 12.2. The summed E-state index contributed by atoms with van der Waals surface area (Å²) in [5.74, 6) is 0. The van der Waals surface area contributed by atoms with E-state index in [0.29, 0.717) is 6.04 Å². The number of hydrogen-bond donors (Lipinski definition) is 2. The van der Waals surface area contributed by atoms with Crippen molar-refractivity contribution in [2.45, 2.75) is 39.8 Å². The van der Waals surface area contributed by atoms with Crippen molar-refractivity contribution in [3.63, 3.8) is 0 Å². The molecule has 1 rings (SSSR count). The molecule has 0 radical (unpaired) electrons. The summed E-state index contributed by atoms with van der Waals surface area (Å²) in [5.41, 5.74) is 3.93. The highest BCUT2D eigenvalue weighted by molar-refractivity contribution is 5.28. The summed E-state index contributed by atoms with van der Waals surface area (Å²) in [6, 6.07) is 6.95. The molecule has 0 aliphatic carbocycles. The summed E-state index contributed by atoms with van der Waals surface area (Å²) >= 11 is 0. The van der Waals surface area contributed by atoms with Crippen LogP contribution in [0.3, 0.4) is 0 Å². The molecule has 84 valence electrons. The van der Waals surface area contributed by atoms with Gasteiger partial charge in [-0.05, 0) is 32.8 Å². The quantitative estimate of drug-likeness (QED) is 0.775. The molecule has 1 aromatic carbocycles. The van der Waals surface area contributed by atoms with Crippen LogP contribution >= 0.6 is 0 Å². The minimum Gasteiger partial charge on any atom is -0.396 e. The van der Waals surface area contributed by atoms with Gasteiger partial charge < -0.3 is 10.4 Å². The average Bonchev–Trinajstić information content (AvgIpc) is 2.14. The molecule has 15 heavy (non-hydrogen) atoms. The predicted octanol–water partition coefficient (Wildman–Crippen LogP) is 2.16. The number of rotatable bonds is 5. The van der Waals surface area contributed by atoms with Gasteiger partial charge in [-0.1, -0.05) is 29.3 Å². The Bertz CT molecular complexity index is 289. The first-order chi connectivity index (χ1) is 7.11. The molecule has 0 saturated heterocycles. The number of benzene rings is 1. The van der Waals surface area contributed by atoms with Gasteiger partial charge in [0.2, 0.25) is 0 Å². The lowest BCUT2D eigenvalue weighted by Crippen LogP contribution is -2.26. The molecule has 0 aromatic heterocycles. The van der Waals surface area contributed by atoms with Crippen LogP contribution in [0.25, 0.3) is 0 Å². The van der Waals surface area contributed by atoms with Crippen LogP contribution in [0.5, 0.6) is 0 Å². The molecular formula is C13H21NO. The van der Waals surface area contributed by atoms with Gasteiger partial charge >= 0.3 is 0 Å². The lowest BCUT2D eigenvalue weighted by atomic mass is 10.1. The van der Waals surface area contributed by atoms with Crippen LogP contribution in [0.15, 0.2) is 18.2 Å². The Balaban J connectivity index is 2.50. The average molecular weight is 207 g/mol. The Morgan fingerprint density at radius 1 is 1.20 bits per heavy atom. The number of hydrogen-bond acceptors (Lipinski definition) is 2. The Labute approximate surface area is 92.3 Å². The molecule has 0 fully saturated rings. The molecule has 0 heterocycles. The van der Waals surface area contributed by atoms with E-state index in [1.165, 1.54) is 16.7 Å². The topological polar surface area (TPSA) is 32.3 Å². The van der Waals surface area contributed by atoms with Crippen LogP contribution in [-0.2, 0) is 6.54 Å². The number of aliphatic hydroxyl groups is 1. The molecule has 0 amide bonds. The molecule has 0 bridgehead atoms. The second kappa shape index (κ2) is 5.89. The fourth-order valence-electron chi connectivity index (χ4n) is 1.76. The van der Waals surface area contributed by atoms with E-state index in [1.807, 2.05) is 0 Å². The van der Waals surface area contributed by atoms with E-state index >= 15 is 0 Å². The molecule has 2 nitrogen and oxygen atoms in total. The van der Waals surface area contributed by atoms with Crippen molar-refractivity contribution in [3.8, 4) is 0 Å². The predicted molar refractivity (Wildman–Crippen MR) is 63.9 cm³/mol. The number of aliphatic hydroxyl groups excluding tert-OH is 1. The standard InChI is InChI=1S/C13H21NO/c1-10-6-11(2)8-13(7-10)9-14-12(3)4-5-15/h6-8,12,14-15H,4-5,9H2,1-3H3. The Hall–Kier alpha value is -0.860. The highest BCUT2D eigenvalue weighted by Gasteiger charge is 2.01. The maximum Gasteiger partial charge on any atom is 0.0445 e. The summed E-state index contributed by atoms with van der Waals surface area (Å²) in [5, 5.41) is 12.2. The van der Waals surface area contributed by atoms with Crippen LogP contribution in [-0.4, -0.2) is 17.8 Å². The van der Waals surface area contributed by atoms with Gasteiger partial charge in [0.05, 0.1) is 0 Å². The summed E-state index contributed by atoms with van der Waals surface area (Å²) in [4.78, 5) is 0. The zero-order chi connectivity index (χ0) is 11.3. The first-order valence-corrected chi connectivity index (χ1v) is 5.53. The summed E-state index contributed by atoms with van der Waals surface area (Å²) in [6.07, 6.45) is 0.810. The van der Waals surface area contributed by atoms with Crippen molar-refractivity contribution in [1.29, 1.82) is 0 Å². The van der Waals surface area contributed by atoms with Gasteiger partial charge in [-0.3, -0.25) is 0 Å². The van der Waals surface area contributed by atoms with Crippen molar-refractivity contribution in [2.24, 2.45) is 0 Å². The van der Waals surface area contributed by atoms with Crippen LogP contribution in [0.4, 0.5) is 0 Å². The molecule has 1 unspecified atom stereocenters. The van der Waals surface area contributed by atoms with Crippen LogP contribution in [0, 0.1) is 13.8 Å². The fourth-order valence-corrected chi connectivity index (χ4v) is 1.76. The van der Waals surface area contributed by atoms with Crippen molar-refractivity contribution >= 4 is 0 Å². The van der Waals surface area contributed by atoms with E-state index in [1.54, 1.807) is 0 Å². The summed E-state index contributed by atoms with van der Waals surface area (Å²) in [6.45, 7) is 7.46. The number of aryl methyl sites for hydroxylation is 2. The number of nitrogens with one attached hydrogen (secondary N) is 1. The molecule has 0 aliphatic heterocycles. The SMILES string of the molecule is Cc1cc(C)cc(CNC(C)CCO)c1. The third-order valence-electron chi connectivity index (χ3n) is 2.50. The maximum atomic E-state index is 8.78. The van der Waals surface area contributed by atoms with Crippen LogP contribution in [0.2, 0.25) is 0 Å². The van der Waals surface area contributed by atoms with E-state index in [9.17, 15) is 0 Å². The van der Waals surface area contributed by atoms with Crippen molar-refractivity contribution in [3.05, 3.63) is 34.9 Å². The van der Waals surface area contributed by atoms with E-state index < -0.39 is 0 Å². The minimum atomic E-state index is 0.251. The molecular weight excluding hydrogens is 186 g/mol. The molecule has 2 heteroatoms. The maximum absolute atomic E-state index is 8.78. The van der Waals surface area contributed by atoms with Crippen LogP contribution < -0.4 is 5.32 Å². The molecule has 1 aromatic rings. The van der Waals surface area contributed by atoms with Crippen molar-refractivity contribution in [2.75, 3.05) is 6.61 Å². The molecule has 0 saturated carbocycles.